The molecule has 7 nitrogen and oxygen atoms in total. The van der Waals surface area contributed by atoms with Crippen molar-refractivity contribution < 1.29 is 9.53 Å². The first kappa shape index (κ1) is 21.6. The highest BCUT2D eigenvalue weighted by Crippen LogP contribution is 2.22. The topological polar surface area (TPSA) is 72.3 Å². The van der Waals surface area contributed by atoms with Crippen molar-refractivity contribution in [2.24, 2.45) is 5.92 Å². The number of amides is 1. The highest BCUT2D eigenvalue weighted by molar-refractivity contribution is 5.92. The van der Waals surface area contributed by atoms with Crippen LogP contribution in [-0.4, -0.2) is 51.3 Å². The number of ether oxygens (including phenoxy) is 1. The lowest BCUT2D eigenvalue weighted by atomic mass is 9.96. The normalized spacial score (nSPS) is 18.8. The van der Waals surface area contributed by atoms with Crippen molar-refractivity contribution in [3.05, 3.63) is 77.4 Å². The molecule has 1 aromatic carbocycles. The molecule has 2 aromatic heterocycles. The molecule has 172 valence electrons. The van der Waals surface area contributed by atoms with E-state index < -0.39 is 0 Å². The van der Waals surface area contributed by atoms with E-state index in [0.29, 0.717) is 24.7 Å². The largest absolute Gasteiger partial charge is 0.486 e. The Morgan fingerprint density at radius 3 is 2.79 bits per heavy atom. The van der Waals surface area contributed by atoms with E-state index in [9.17, 15) is 4.79 Å². The van der Waals surface area contributed by atoms with Crippen LogP contribution in [0.4, 0.5) is 0 Å². The average Bonchev–Trinajstić information content (AvgIpc) is 3.39. The van der Waals surface area contributed by atoms with E-state index in [0.717, 1.165) is 50.3 Å². The number of aryl methyl sites for hydroxylation is 1. The Labute approximate surface area is 194 Å². The number of carbonyl (C=O) groups is 1. The Hall–Kier alpha value is -3.19. The number of pyridine rings is 1. The van der Waals surface area contributed by atoms with Crippen LogP contribution >= 0.6 is 0 Å². The van der Waals surface area contributed by atoms with Gasteiger partial charge in [0.25, 0.3) is 5.91 Å². The van der Waals surface area contributed by atoms with Crippen LogP contribution in [0.2, 0.25) is 0 Å². The zero-order chi connectivity index (χ0) is 22.6. The molecule has 0 unspecified atom stereocenters. The van der Waals surface area contributed by atoms with Crippen LogP contribution in [0.15, 0.2) is 54.9 Å². The lowest BCUT2D eigenvalue weighted by Gasteiger charge is -2.32. The number of rotatable bonds is 7. The van der Waals surface area contributed by atoms with Crippen LogP contribution < -0.4 is 10.1 Å². The first-order chi connectivity index (χ1) is 16.1. The third-order valence-electron chi connectivity index (χ3n) is 6.76. The summed E-state index contributed by atoms with van der Waals surface area (Å²) in [4.78, 5) is 19.3. The lowest BCUT2D eigenvalue weighted by Crippen LogP contribution is -2.38. The zero-order valence-corrected chi connectivity index (χ0v) is 19.1. The van der Waals surface area contributed by atoms with E-state index >= 15 is 0 Å². The summed E-state index contributed by atoms with van der Waals surface area (Å²) in [5.74, 6) is 1.20. The molecule has 4 heterocycles. The molecule has 1 N–H and O–H groups in total. The summed E-state index contributed by atoms with van der Waals surface area (Å²) >= 11 is 0. The van der Waals surface area contributed by atoms with Gasteiger partial charge in [-0.2, -0.15) is 5.10 Å². The number of carbonyl (C=O) groups excluding carboxylic acids is 1. The molecule has 1 fully saturated rings. The predicted molar refractivity (Wildman–Crippen MR) is 126 cm³/mol. The second-order valence-corrected chi connectivity index (χ2v) is 9.19. The fourth-order valence-electron chi connectivity index (χ4n) is 4.77. The van der Waals surface area contributed by atoms with Gasteiger partial charge in [0.1, 0.15) is 17.5 Å². The molecule has 1 saturated heterocycles. The van der Waals surface area contributed by atoms with E-state index in [1.54, 1.807) is 12.4 Å². The average molecular weight is 446 g/mol. The molecule has 0 spiro atoms. The Bertz CT molecular complexity index is 1070. The summed E-state index contributed by atoms with van der Waals surface area (Å²) in [5.41, 5.74) is 4.30. The van der Waals surface area contributed by atoms with Crippen LogP contribution in [0.1, 0.15) is 40.2 Å². The summed E-state index contributed by atoms with van der Waals surface area (Å²) in [6, 6.07) is 14.3. The number of hydrogen-bond acceptors (Lipinski definition) is 5. The maximum atomic E-state index is 12.7. The van der Waals surface area contributed by atoms with Crippen LogP contribution in [-0.2, 0) is 19.5 Å². The number of likely N-dealkylation sites (tertiary alicyclic amines) is 1. The van der Waals surface area contributed by atoms with Gasteiger partial charge in [0.15, 0.2) is 0 Å². The third-order valence-corrected chi connectivity index (χ3v) is 6.76. The molecule has 2 aliphatic rings. The van der Waals surface area contributed by atoms with Crippen molar-refractivity contribution in [1.29, 1.82) is 0 Å². The molecule has 0 aliphatic carbocycles. The minimum Gasteiger partial charge on any atom is -0.486 e. The smallest absolute Gasteiger partial charge is 0.271 e. The summed E-state index contributed by atoms with van der Waals surface area (Å²) in [6.45, 7) is 6.70. The number of hydrogen-bond donors (Lipinski definition) is 1. The van der Waals surface area contributed by atoms with Crippen molar-refractivity contribution in [1.82, 2.24) is 25.0 Å². The quantitative estimate of drug-likeness (QED) is 0.605. The van der Waals surface area contributed by atoms with Crippen LogP contribution in [0, 0.1) is 12.8 Å². The number of piperidine rings is 1. The van der Waals surface area contributed by atoms with E-state index in [1.807, 2.05) is 22.9 Å². The van der Waals surface area contributed by atoms with E-state index in [2.05, 4.69) is 51.5 Å². The molecule has 0 radical (unpaired) electrons. The van der Waals surface area contributed by atoms with Crippen molar-refractivity contribution in [3.8, 4) is 5.75 Å². The highest BCUT2D eigenvalue weighted by Gasteiger charge is 2.27. The molecule has 2 aliphatic heterocycles. The van der Waals surface area contributed by atoms with Gasteiger partial charge < -0.3 is 10.1 Å². The molecule has 1 amide bonds. The minimum atomic E-state index is -0.0797. The minimum absolute atomic E-state index is 0.0265. The molecule has 0 bridgehead atoms. The highest BCUT2D eigenvalue weighted by atomic mass is 16.5. The standard InChI is InChI=1S/C26H31N5O2/c1-19-5-2-3-6-21(19)17-30-11-8-20(9-12-30)15-28-26(32)25-14-22-13-24(18-31(22)29-25)33-23-7-4-10-27-16-23/h2-7,10,14,16,20,24H,8-9,11-13,15,17-18H2,1H3,(H,28,32)/t24-/m0/s1. The predicted octanol–water partition coefficient (Wildman–Crippen LogP) is 3.23. The van der Waals surface area contributed by atoms with Crippen molar-refractivity contribution in [2.45, 2.75) is 45.4 Å². The Morgan fingerprint density at radius 1 is 1.18 bits per heavy atom. The number of aromatic nitrogens is 3. The van der Waals surface area contributed by atoms with Gasteiger partial charge in [-0.1, -0.05) is 24.3 Å². The van der Waals surface area contributed by atoms with Crippen molar-refractivity contribution in [3.63, 3.8) is 0 Å². The molecular formula is C26H31N5O2. The van der Waals surface area contributed by atoms with Gasteiger partial charge >= 0.3 is 0 Å². The SMILES string of the molecule is Cc1ccccc1CN1CCC(CNC(=O)c2cc3n(n2)C[C@@H](Oc2cccnc2)C3)CC1. The zero-order valence-electron chi connectivity index (χ0n) is 19.1. The maximum absolute atomic E-state index is 12.7. The Morgan fingerprint density at radius 2 is 2.03 bits per heavy atom. The molecule has 5 rings (SSSR count). The van der Waals surface area contributed by atoms with Crippen LogP contribution in [0.5, 0.6) is 5.75 Å². The monoisotopic (exact) mass is 445 g/mol. The van der Waals surface area contributed by atoms with Gasteiger partial charge in [-0.05, 0) is 68.1 Å². The number of fused-ring (bicyclic) bond motifs is 1. The van der Waals surface area contributed by atoms with Gasteiger partial charge in [-0.25, -0.2) is 0 Å². The number of benzene rings is 1. The molecule has 0 saturated carbocycles. The molecule has 33 heavy (non-hydrogen) atoms. The van der Waals surface area contributed by atoms with Crippen LogP contribution in [0.3, 0.4) is 0 Å². The van der Waals surface area contributed by atoms with Gasteiger partial charge in [-0.15, -0.1) is 0 Å². The van der Waals surface area contributed by atoms with Crippen molar-refractivity contribution >= 4 is 5.91 Å². The fourth-order valence-corrected chi connectivity index (χ4v) is 4.77. The van der Waals surface area contributed by atoms with E-state index in [-0.39, 0.29) is 12.0 Å². The Kier molecular flexibility index (Phi) is 6.39. The molecular weight excluding hydrogens is 414 g/mol. The van der Waals surface area contributed by atoms with Gasteiger partial charge in [0, 0.05) is 31.4 Å². The Balaban J connectivity index is 1.06. The van der Waals surface area contributed by atoms with Crippen molar-refractivity contribution in [2.75, 3.05) is 19.6 Å². The third kappa shape index (κ3) is 5.25. The first-order valence-electron chi connectivity index (χ1n) is 11.8. The first-order valence-corrected chi connectivity index (χ1v) is 11.8. The molecule has 7 heteroatoms. The van der Waals surface area contributed by atoms with E-state index in [4.69, 9.17) is 4.74 Å². The second kappa shape index (κ2) is 9.75. The van der Waals surface area contributed by atoms with Crippen LogP contribution in [0.25, 0.3) is 0 Å². The van der Waals surface area contributed by atoms with Gasteiger partial charge in [0.2, 0.25) is 0 Å². The van der Waals surface area contributed by atoms with E-state index in [1.165, 1.54) is 11.1 Å². The van der Waals surface area contributed by atoms with Gasteiger partial charge in [0.05, 0.1) is 12.7 Å². The van der Waals surface area contributed by atoms with Gasteiger partial charge in [-0.3, -0.25) is 19.4 Å². The maximum Gasteiger partial charge on any atom is 0.271 e. The summed E-state index contributed by atoms with van der Waals surface area (Å²) < 4.78 is 7.86. The fraction of sp³-hybridized carbons (Fsp3) is 0.423. The number of nitrogens with zero attached hydrogens (tertiary/aromatic N) is 4. The molecule has 3 aromatic rings. The second-order valence-electron chi connectivity index (χ2n) is 9.19. The number of nitrogens with one attached hydrogen (secondary N) is 1. The summed E-state index contributed by atoms with van der Waals surface area (Å²) in [7, 11) is 0. The molecule has 1 atom stereocenters. The summed E-state index contributed by atoms with van der Waals surface area (Å²) in [6.07, 6.45) is 6.44. The summed E-state index contributed by atoms with van der Waals surface area (Å²) in [5, 5.41) is 7.62. The lowest BCUT2D eigenvalue weighted by molar-refractivity contribution is 0.0928.